The van der Waals surface area contributed by atoms with Gasteiger partial charge in [0.15, 0.2) is 5.82 Å². The van der Waals surface area contributed by atoms with Crippen molar-refractivity contribution in [3.63, 3.8) is 0 Å². The summed E-state index contributed by atoms with van der Waals surface area (Å²) in [6.07, 6.45) is 4.09. The Kier molecular flexibility index (Phi) is 2.62. The molecule has 1 amide bonds. The number of amides is 1. The second kappa shape index (κ2) is 4.29. The highest BCUT2D eigenvalue weighted by molar-refractivity contribution is 5.93. The molecule has 94 valence electrons. The molecule has 0 aliphatic carbocycles. The molecule has 0 radical (unpaired) electrons. The molecule has 1 fully saturated rings. The maximum absolute atomic E-state index is 12.3. The number of aryl methyl sites for hydroxylation is 1. The van der Waals surface area contributed by atoms with Gasteiger partial charge in [-0.15, -0.1) is 0 Å². The van der Waals surface area contributed by atoms with E-state index in [1.807, 2.05) is 34.8 Å². The number of likely N-dealkylation sites (tertiary alicyclic amines) is 1. The summed E-state index contributed by atoms with van der Waals surface area (Å²) in [5.74, 6) is 0.943. The van der Waals surface area contributed by atoms with Crippen LogP contribution in [-0.2, 0) is 7.05 Å². The molecule has 0 bridgehead atoms. The van der Waals surface area contributed by atoms with Gasteiger partial charge in [0.25, 0.3) is 5.91 Å². The van der Waals surface area contributed by atoms with Crippen molar-refractivity contribution < 1.29 is 9.32 Å². The molecule has 1 aliphatic rings. The average Bonchev–Trinajstić information content (AvgIpc) is 3.09. The predicted molar refractivity (Wildman–Crippen MR) is 63.0 cm³/mol. The van der Waals surface area contributed by atoms with Gasteiger partial charge >= 0.3 is 0 Å². The average molecular weight is 246 g/mol. The minimum atomic E-state index is 0.0634. The van der Waals surface area contributed by atoms with Gasteiger partial charge in [-0.1, -0.05) is 5.16 Å². The van der Waals surface area contributed by atoms with Gasteiger partial charge in [-0.05, 0) is 18.6 Å². The zero-order chi connectivity index (χ0) is 12.5. The Bertz CT molecular complexity index is 546. The van der Waals surface area contributed by atoms with Gasteiger partial charge < -0.3 is 14.0 Å². The normalized spacial score (nSPS) is 19.4. The first-order chi connectivity index (χ1) is 8.75. The summed E-state index contributed by atoms with van der Waals surface area (Å²) >= 11 is 0. The smallest absolute Gasteiger partial charge is 0.270 e. The van der Waals surface area contributed by atoms with E-state index >= 15 is 0 Å². The molecule has 1 aliphatic heterocycles. The third-order valence-corrected chi connectivity index (χ3v) is 3.38. The molecular weight excluding hydrogens is 232 g/mol. The van der Waals surface area contributed by atoms with E-state index in [-0.39, 0.29) is 11.8 Å². The highest BCUT2D eigenvalue weighted by Gasteiger charge is 2.30. The molecule has 6 nitrogen and oxygen atoms in total. The molecule has 18 heavy (non-hydrogen) atoms. The van der Waals surface area contributed by atoms with Crippen LogP contribution in [0, 0.1) is 0 Å². The largest absolute Gasteiger partial charge is 0.347 e. The number of carbonyl (C=O) groups excluding carboxylic acids is 1. The summed E-state index contributed by atoms with van der Waals surface area (Å²) in [6, 6.07) is 3.71. The maximum Gasteiger partial charge on any atom is 0.270 e. The van der Waals surface area contributed by atoms with E-state index < -0.39 is 0 Å². The molecule has 0 unspecified atom stereocenters. The van der Waals surface area contributed by atoms with Crippen LogP contribution in [0.15, 0.2) is 29.2 Å². The van der Waals surface area contributed by atoms with E-state index in [0.29, 0.717) is 18.1 Å². The fraction of sp³-hybridized carbons (Fsp3) is 0.417. The number of nitrogens with zero attached hydrogens (tertiary/aromatic N) is 4. The first-order valence-electron chi connectivity index (χ1n) is 5.92. The topological polar surface area (TPSA) is 64.2 Å². The van der Waals surface area contributed by atoms with Gasteiger partial charge in [0, 0.05) is 32.3 Å². The standard InChI is InChI=1S/C12H14N4O2/c1-15-5-2-3-10(15)12(17)16-6-4-9(7-16)11-13-8-18-14-11/h2-3,5,8-9H,4,6-7H2,1H3/t9-/m1/s1. The molecule has 6 heteroatoms. The van der Waals surface area contributed by atoms with Gasteiger partial charge in [0.2, 0.25) is 6.39 Å². The monoisotopic (exact) mass is 246 g/mol. The molecular formula is C12H14N4O2. The predicted octanol–water partition coefficient (Wildman–Crippen LogP) is 1.04. The van der Waals surface area contributed by atoms with E-state index in [4.69, 9.17) is 4.52 Å². The molecule has 1 saturated heterocycles. The minimum absolute atomic E-state index is 0.0634. The molecule has 3 rings (SSSR count). The van der Waals surface area contributed by atoms with Crippen LogP contribution < -0.4 is 0 Å². The van der Waals surface area contributed by atoms with Crippen molar-refractivity contribution in [3.8, 4) is 0 Å². The Morgan fingerprint density at radius 1 is 1.56 bits per heavy atom. The third-order valence-electron chi connectivity index (χ3n) is 3.38. The summed E-state index contributed by atoms with van der Waals surface area (Å²) in [4.78, 5) is 18.2. The van der Waals surface area contributed by atoms with Crippen molar-refractivity contribution in [1.82, 2.24) is 19.6 Å². The summed E-state index contributed by atoms with van der Waals surface area (Å²) in [5, 5.41) is 3.84. The molecule has 0 aromatic carbocycles. The second-order valence-corrected chi connectivity index (χ2v) is 4.53. The van der Waals surface area contributed by atoms with E-state index in [1.165, 1.54) is 6.39 Å². The van der Waals surface area contributed by atoms with E-state index in [1.54, 1.807) is 0 Å². The van der Waals surface area contributed by atoms with Crippen LogP contribution in [0.4, 0.5) is 0 Å². The lowest BCUT2D eigenvalue weighted by molar-refractivity contribution is 0.0781. The molecule has 1 atom stereocenters. The van der Waals surface area contributed by atoms with Crippen LogP contribution in [0.3, 0.4) is 0 Å². The van der Waals surface area contributed by atoms with Crippen LogP contribution in [0.25, 0.3) is 0 Å². The van der Waals surface area contributed by atoms with Gasteiger partial charge in [-0.25, -0.2) is 0 Å². The number of carbonyl (C=O) groups is 1. The lowest BCUT2D eigenvalue weighted by atomic mass is 10.1. The zero-order valence-corrected chi connectivity index (χ0v) is 10.1. The van der Waals surface area contributed by atoms with Gasteiger partial charge in [-0.2, -0.15) is 4.98 Å². The number of hydrogen-bond donors (Lipinski definition) is 0. The minimum Gasteiger partial charge on any atom is -0.347 e. The SMILES string of the molecule is Cn1cccc1C(=O)N1CC[C@@H](c2ncon2)C1. The highest BCUT2D eigenvalue weighted by atomic mass is 16.5. The van der Waals surface area contributed by atoms with E-state index in [9.17, 15) is 4.79 Å². The van der Waals surface area contributed by atoms with Crippen LogP contribution >= 0.6 is 0 Å². The van der Waals surface area contributed by atoms with Crippen molar-refractivity contribution in [2.24, 2.45) is 7.05 Å². The molecule has 2 aromatic heterocycles. The first-order valence-corrected chi connectivity index (χ1v) is 5.92. The summed E-state index contributed by atoms with van der Waals surface area (Å²) in [7, 11) is 1.87. The van der Waals surface area contributed by atoms with E-state index in [0.717, 1.165) is 13.0 Å². The fourth-order valence-electron chi connectivity index (χ4n) is 2.36. The molecule has 0 spiro atoms. The molecule has 0 saturated carbocycles. The Hall–Kier alpha value is -2.11. The van der Waals surface area contributed by atoms with Crippen molar-refractivity contribution in [2.45, 2.75) is 12.3 Å². The number of rotatable bonds is 2. The highest BCUT2D eigenvalue weighted by Crippen LogP contribution is 2.25. The lowest BCUT2D eigenvalue weighted by Gasteiger charge is -2.16. The van der Waals surface area contributed by atoms with Gasteiger partial charge in [0.05, 0.1) is 0 Å². The number of hydrogen-bond acceptors (Lipinski definition) is 4. The quantitative estimate of drug-likeness (QED) is 0.794. The Labute approximate surface area is 104 Å². The number of aromatic nitrogens is 3. The van der Waals surface area contributed by atoms with Gasteiger partial charge in [-0.3, -0.25) is 4.79 Å². The van der Waals surface area contributed by atoms with Crippen LogP contribution in [0.5, 0.6) is 0 Å². The summed E-state index contributed by atoms with van der Waals surface area (Å²) in [5.41, 5.74) is 0.712. The van der Waals surface area contributed by atoms with Crippen LogP contribution in [0.1, 0.15) is 28.7 Å². The second-order valence-electron chi connectivity index (χ2n) is 4.53. The summed E-state index contributed by atoms with van der Waals surface area (Å²) < 4.78 is 6.58. The van der Waals surface area contributed by atoms with Gasteiger partial charge in [0.1, 0.15) is 5.69 Å². The summed E-state index contributed by atoms with van der Waals surface area (Å²) in [6.45, 7) is 1.40. The lowest BCUT2D eigenvalue weighted by Crippen LogP contribution is -2.29. The third kappa shape index (κ3) is 1.79. The first kappa shape index (κ1) is 11.0. The Morgan fingerprint density at radius 2 is 2.44 bits per heavy atom. The maximum atomic E-state index is 12.3. The van der Waals surface area contributed by atoms with Crippen LogP contribution in [0.2, 0.25) is 0 Å². The molecule has 2 aromatic rings. The van der Waals surface area contributed by atoms with E-state index in [2.05, 4.69) is 10.1 Å². The zero-order valence-electron chi connectivity index (χ0n) is 10.1. The fourth-order valence-corrected chi connectivity index (χ4v) is 2.36. The van der Waals surface area contributed by atoms with Crippen molar-refractivity contribution in [2.75, 3.05) is 13.1 Å². The molecule has 0 N–H and O–H groups in total. The van der Waals surface area contributed by atoms with Crippen molar-refractivity contribution in [1.29, 1.82) is 0 Å². The van der Waals surface area contributed by atoms with Crippen molar-refractivity contribution in [3.05, 3.63) is 36.2 Å². The molecule has 3 heterocycles. The Morgan fingerprint density at radius 3 is 3.11 bits per heavy atom. The van der Waals surface area contributed by atoms with Crippen molar-refractivity contribution >= 4 is 5.91 Å². The van der Waals surface area contributed by atoms with Crippen LogP contribution in [-0.4, -0.2) is 38.6 Å². The Balaban J connectivity index is 1.73.